The van der Waals surface area contributed by atoms with E-state index in [9.17, 15) is 8.42 Å². The van der Waals surface area contributed by atoms with E-state index < -0.39 is 10.0 Å². The van der Waals surface area contributed by atoms with E-state index in [4.69, 9.17) is 23.2 Å². The Morgan fingerprint density at radius 1 is 1.42 bits per heavy atom. The van der Waals surface area contributed by atoms with Crippen molar-refractivity contribution in [3.05, 3.63) is 16.0 Å². The largest absolute Gasteiger partial charge is 0.252 e. The molecule has 0 bridgehead atoms. The zero-order valence-electron chi connectivity index (χ0n) is 10.9. The maximum Gasteiger partial charge on any atom is 0.252 e. The third-order valence-corrected chi connectivity index (χ3v) is 7.84. The smallest absolute Gasteiger partial charge is 0.206 e. The molecule has 0 aromatic carbocycles. The highest BCUT2D eigenvalue weighted by atomic mass is 35.5. The standard InChI is InChI=1S/C12H17Cl2NO2S2/c1-8-7-11(18-12(8)14)19(16,17)15-5-3-10(4-6-15)9(2)13/h7,9-10H,3-6H2,1-2H3. The first kappa shape index (κ1) is 15.6. The van der Waals surface area contributed by atoms with Gasteiger partial charge in [0.2, 0.25) is 0 Å². The van der Waals surface area contributed by atoms with Crippen molar-refractivity contribution in [2.45, 2.75) is 36.3 Å². The van der Waals surface area contributed by atoms with E-state index in [1.807, 2.05) is 13.8 Å². The SMILES string of the molecule is Cc1cc(S(=O)(=O)N2CCC(C(C)Cl)CC2)sc1Cl. The minimum Gasteiger partial charge on any atom is -0.206 e. The number of halogens is 2. The van der Waals surface area contributed by atoms with Gasteiger partial charge in [0.15, 0.2) is 0 Å². The maximum absolute atomic E-state index is 12.5. The number of piperidine rings is 1. The Hall–Kier alpha value is 0.190. The number of nitrogens with zero attached hydrogens (tertiary/aromatic N) is 1. The molecule has 1 aliphatic heterocycles. The fraction of sp³-hybridized carbons (Fsp3) is 0.667. The van der Waals surface area contributed by atoms with E-state index in [2.05, 4.69) is 0 Å². The lowest BCUT2D eigenvalue weighted by Gasteiger charge is -2.31. The summed E-state index contributed by atoms with van der Waals surface area (Å²) in [5.74, 6) is 0.404. The van der Waals surface area contributed by atoms with E-state index in [1.165, 1.54) is 0 Å². The summed E-state index contributed by atoms with van der Waals surface area (Å²) in [6, 6.07) is 1.65. The summed E-state index contributed by atoms with van der Waals surface area (Å²) in [5, 5.41) is 0.100. The van der Waals surface area contributed by atoms with Crippen molar-refractivity contribution in [2.75, 3.05) is 13.1 Å². The molecule has 0 amide bonds. The number of hydrogen-bond donors (Lipinski definition) is 0. The zero-order chi connectivity index (χ0) is 14.2. The Labute approximate surface area is 128 Å². The monoisotopic (exact) mass is 341 g/mol. The predicted molar refractivity (Wildman–Crippen MR) is 80.9 cm³/mol. The Morgan fingerprint density at radius 3 is 2.42 bits per heavy atom. The Bertz CT molecular complexity index is 527. The van der Waals surface area contributed by atoms with Gasteiger partial charge in [-0.15, -0.1) is 22.9 Å². The summed E-state index contributed by atoms with van der Waals surface area (Å²) in [7, 11) is -3.39. The van der Waals surface area contributed by atoms with Crippen LogP contribution in [0.4, 0.5) is 0 Å². The van der Waals surface area contributed by atoms with Crippen molar-refractivity contribution in [3.63, 3.8) is 0 Å². The summed E-state index contributed by atoms with van der Waals surface area (Å²) in [4.78, 5) is 0. The lowest BCUT2D eigenvalue weighted by Crippen LogP contribution is -2.39. The van der Waals surface area contributed by atoms with Gasteiger partial charge < -0.3 is 0 Å². The highest BCUT2D eigenvalue weighted by molar-refractivity contribution is 7.91. The van der Waals surface area contributed by atoms with Crippen molar-refractivity contribution in [2.24, 2.45) is 5.92 Å². The van der Waals surface area contributed by atoms with Crippen LogP contribution in [0.1, 0.15) is 25.3 Å². The van der Waals surface area contributed by atoms with E-state index in [0.717, 1.165) is 29.7 Å². The molecule has 0 saturated carbocycles. The molecule has 3 nitrogen and oxygen atoms in total. The summed E-state index contributed by atoms with van der Waals surface area (Å²) in [6.07, 6.45) is 1.64. The first-order valence-electron chi connectivity index (χ1n) is 6.22. The summed E-state index contributed by atoms with van der Waals surface area (Å²) in [5.41, 5.74) is 0.814. The van der Waals surface area contributed by atoms with Crippen molar-refractivity contribution in [1.29, 1.82) is 0 Å². The van der Waals surface area contributed by atoms with Gasteiger partial charge in [-0.1, -0.05) is 11.6 Å². The number of aryl methyl sites for hydroxylation is 1. The molecule has 1 fully saturated rings. The van der Waals surface area contributed by atoms with Crippen LogP contribution in [-0.2, 0) is 10.0 Å². The van der Waals surface area contributed by atoms with Gasteiger partial charge in [-0.2, -0.15) is 4.31 Å². The third-order valence-electron chi connectivity index (χ3n) is 3.58. The van der Waals surface area contributed by atoms with Gasteiger partial charge in [0, 0.05) is 18.5 Å². The van der Waals surface area contributed by atoms with Gasteiger partial charge in [0.25, 0.3) is 10.0 Å². The minimum absolute atomic E-state index is 0.100. The normalized spacial score (nSPS) is 20.6. The van der Waals surface area contributed by atoms with E-state index in [1.54, 1.807) is 10.4 Å². The maximum atomic E-state index is 12.5. The fourth-order valence-corrected chi connectivity index (χ4v) is 5.85. The molecule has 7 heteroatoms. The van der Waals surface area contributed by atoms with Crippen LogP contribution >= 0.6 is 34.5 Å². The van der Waals surface area contributed by atoms with Crippen LogP contribution in [0.2, 0.25) is 4.34 Å². The van der Waals surface area contributed by atoms with Gasteiger partial charge in [-0.05, 0) is 44.2 Å². The Kier molecular flexibility index (Phi) is 4.83. The van der Waals surface area contributed by atoms with Gasteiger partial charge in [0.1, 0.15) is 4.21 Å². The number of hydrogen-bond acceptors (Lipinski definition) is 3. The number of rotatable bonds is 3. The summed E-state index contributed by atoms with van der Waals surface area (Å²) >= 11 is 13.2. The van der Waals surface area contributed by atoms with Gasteiger partial charge >= 0.3 is 0 Å². The van der Waals surface area contributed by atoms with Crippen LogP contribution in [0.5, 0.6) is 0 Å². The van der Waals surface area contributed by atoms with E-state index in [0.29, 0.717) is 27.6 Å². The molecule has 1 unspecified atom stereocenters. The lowest BCUT2D eigenvalue weighted by molar-refractivity contribution is 0.272. The molecule has 1 aromatic rings. The van der Waals surface area contributed by atoms with E-state index in [-0.39, 0.29) is 5.38 Å². The Balaban J connectivity index is 2.14. The number of thiophene rings is 1. The molecule has 0 aliphatic carbocycles. The average Bonchev–Trinajstić information content (AvgIpc) is 2.70. The molecule has 1 aliphatic rings. The molecule has 19 heavy (non-hydrogen) atoms. The van der Waals surface area contributed by atoms with Crippen LogP contribution in [0.15, 0.2) is 10.3 Å². The Morgan fingerprint density at radius 2 is 2.00 bits per heavy atom. The molecular formula is C12H17Cl2NO2S2. The molecule has 0 radical (unpaired) electrons. The van der Waals surface area contributed by atoms with Crippen LogP contribution in [0, 0.1) is 12.8 Å². The molecule has 1 saturated heterocycles. The molecule has 2 rings (SSSR count). The molecule has 1 atom stereocenters. The number of sulfonamides is 1. The zero-order valence-corrected chi connectivity index (χ0v) is 14.0. The van der Waals surface area contributed by atoms with E-state index >= 15 is 0 Å². The predicted octanol–water partition coefficient (Wildman–Crippen LogP) is 3.74. The number of alkyl halides is 1. The molecule has 1 aromatic heterocycles. The van der Waals surface area contributed by atoms with Crippen LogP contribution < -0.4 is 0 Å². The molecule has 2 heterocycles. The molecule has 0 N–H and O–H groups in total. The molecule has 108 valence electrons. The summed E-state index contributed by atoms with van der Waals surface area (Å²) in [6.45, 7) is 4.87. The van der Waals surface area contributed by atoms with Gasteiger partial charge in [-0.25, -0.2) is 8.42 Å². The van der Waals surface area contributed by atoms with Crippen molar-refractivity contribution in [3.8, 4) is 0 Å². The van der Waals surface area contributed by atoms with Gasteiger partial charge in [0.05, 0.1) is 4.34 Å². The summed E-state index contributed by atoms with van der Waals surface area (Å²) < 4.78 is 27.4. The first-order valence-corrected chi connectivity index (χ1v) is 9.29. The van der Waals surface area contributed by atoms with Crippen molar-refractivity contribution >= 4 is 44.6 Å². The van der Waals surface area contributed by atoms with Crippen LogP contribution in [0.3, 0.4) is 0 Å². The second kappa shape index (κ2) is 5.90. The minimum atomic E-state index is -3.39. The van der Waals surface area contributed by atoms with Crippen LogP contribution in [0.25, 0.3) is 0 Å². The first-order chi connectivity index (χ1) is 8.82. The quantitative estimate of drug-likeness (QED) is 0.785. The highest BCUT2D eigenvalue weighted by Crippen LogP contribution is 2.34. The highest BCUT2D eigenvalue weighted by Gasteiger charge is 2.32. The molecular weight excluding hydrogens is 325 g/mol. The van der Waals surface area contributed by atoms with Gasteiger partial charge in [-0.3, -0.25) is 0 Å². The van der Waals surface area contributed by atoms with Crippen LogP contribution in [-0.4, -0.2) is 31.2 Å². The lowest BCUT2D eigenvalue weighted by atomic mass is 9.95. The van der Waals surface area contributed by atoms with Crippen molar-refractivity contribution < 1.29 is 8.42 Å². The second-order valence-corrected chi connectivity index (χ2v) is 9.45. The third kappa shape index (κ3) is 3.27. The topological polar surface area (TPSA) is 37.4 Å². The average molecular weight is 342 g/mol. The molecule has 0 spiro atoms. The fourth-order valence-electron chi connectivity index (χ4n) is 2.26. The van der Waals surface area contributed by atoms with Crippen molar-refractivity contribution in [1.82, 2.24) is 4.31 Å². The second-order valence-electron chi connectivity index (χ2n) is 4.94.